The lowest BCUT2D eigenvalue weighted by Gasteiger charge is -2.07. The number of aromatic hydroxyl groups is 1. The lowest BCUT2D eigenvalue weighted by molar-refractivity contribution is -0.140. The summed E-state index contributed by atoms with van der Waals surface area (Å²) in [6.07, 6.45) is 10.2. The van der Waals surface area contributed by atoms with E-state index in [0.717, 1.165) is 0 Å². The number of ether oxygens (including phenoxy) is 4. The van der Waals surface area contributed by atoms with Crippen molar-refractivity contribution in [2.45, 2.75) is 13.8 Å². The standard InChI is InChI=1S/C9H10O4.C9H8O4.C8H8O3/c1-5-3-6(9(11)12)4-7(13-2)8(5)10;1-12-7-4-2-3-5-8(7)13-6-9(10)11;1-5-3-6(9)4-7(11-2)8(5)10/h3-4,10H,1-2H3,(H,11,12);2-3,5H,6H2,1H3;3-4H,1-2H3/p+1. The fourth-order valence-electron chi connectivity index (χ4n) is 2.71. The molecule has 1 aromatic rings. The molecule has 2 aliphatic carbocycles. The largest absolute Gasteiger partial charge is 0.504 e. The number of carboxylic acid groups (broad SMARTS) is 2. The number of carbonyl (C=O) groups is 4. The van der Waals surface area contributed by atoms with Gasteiger partial charge in [-0.3, -0.25) is 9.59 Å². The van der Waals surface area contributed by atoms with E-state index in [2.05, 4.69) is 6.08 Å². The van der Waals surface area contributed by atoms with Crippen LogP contribution in [0.15, 0.2) is 65.4 Å². The molecule has 196 valence electrons. The first kappa shape index (κ1) is 30.1. The van der Waals surface area contributed by atoms with Gasteiger partial charge in [-0.25, -0.2) is 9.59 Å². The highest BCUT2D eigenvalue weighted by Gasteiger charge is 2.20. The maximum Gasteiger partial charge on any atom is 0.343 e. The number of ketones is 2. The van der Waals surface area contributed by atoms with Crippen LogP contribution in [0.2, 0.25) is 0 Å². The van der Waals surface area contributed by atoms with Crippen molar-refractivity contribution in [1.82, 2.24) is 0 Å². The average Bonchev–Trinajstić information content (AvgIpc) is 2.87. The lowest BCUT2D eigenvalue weighted by atomic mass is 10.0. The number of hydrogen-bond acceptors (Lipinski definition) is 9. The zero-order chi connectivity index (χ0) is 28.1. The van der Waals surface area contributed by atoms with Crippen LogP contribution in [0, 0.1) is 13.0 Å². The van der Waals surface area contributed by atoms with E-state index in [1.54, 1.807) is 32.1 Å². The molecule has 0 aliphatic heterocycles. The third-order valence-electron chi connectivity index (χ3n) is 4.50. The van der Waals surface area contributed by atoms with Crippen LogP contribution in [-0.4, -0.2) is 66.8 Å². The minimum absolute atomic E-state index is 0.0208. The number of aryl methyl sites for hydroxylation is 1. The van der Waals surface area contributed by atoms with Gasteiger partial charge in [0.25, 0.3) is 5.76 Å². The molecule has 0 radical (unpaired) electrons. The van der Waals surface area contributed by atoms with Gasteiger partial charge in [0.1, 0.15) is 6.08 Å². The number of methoxy groups -OCH3 is 3. The van der Waals surface area contributed by atoms with E-state index in [-0.39, 0.29) is 41.0 Å². The van der Waals surface area contributed by atoms with Crippen LogP contribution in [0.5, 0.6) is 11.5 Å². The smallest absolute Gasteiger partial charge is 0.343 e. The Balaban J connectivity index is 0.000000279. The Morgan fingerprint density at radius 3 is 2.16 bits per heavy atom. The fourth-order valence-corrected chi connectivity index (χ4v) is 2.71. The second kappa shape index (κ2) is 14.5. The maximum atomic E-state index is 11.1. The normalized spacial score (nSPS) is 13.5. The second-order valence-corrected chi connectivity index (χ2v) is 7.17. The highest BCUT2D eigenvalue weighted by molar-refractivity contribution is 6.18. The van der Waals surface area contributed by atoms with Gasteiger partial charge >= 0.3 is 17.7 Å². The molecule has 11 heteroatoms. The van der Waals surface area contributed by atoms with Gasteiger partial charge in [-0.1, -0.05) is 0 Å². The Kier molecular flexibility index (Phi) is 11.8. The Morgan fingerprint density at radius 1 is 0.946 bits per heavy atom. The molecular weight excluding hydrogens is 488 g/mol. The van der Waals surface area contributed by atoms with Crippen molar-refractivity contribution < 1.29 is 53.4 Å². The maximum absolute atomic E-state index is 11.1. The fraction of sp³-hybridized carbons (Fsp3) is 0.231. The number of Topliss-reactive ketones (excluding diaryl/α,β-unsaturated/α-hetero) is 1. The van der Waals surface area contributed by atoms with Gasteiger partial charge in [-0.05, 0) is 37.6 Å². The van der Waals surface area contributed by atoms with Crippen LogP contribution in [0.1, 0.15) is 22.8 Å². The van der Waals surface area contributed by atoms with Gasteiger partial charge in [0.2, 0.25) is 12.4 Å². The van der Waals surface area contributed by atoms with Crippen LogP contribution >= 0.6 is 0 Å². The van der Waals surface area contributed by atoms with Gasteiger partial charge in [0, 0.05) is 11.6 Å². The van der Waals surface area contributed by atoms with E-state index in [1.165, 1.54) is 45.6 Å². The van der Waals surface area contributed by atoms with Crippen LogP contribution in [0.3, 0.4) is 0 Å². The average molecular weight is 515 g/mol. The highest BCUT2D eigenvalue weighted by Crippen LogP contribution is 2.30. The summed E-state index contributed by atoms with van der Waals surface area (Å²) in [5, 5.41) is 26.4. The number of carbonyl (C=O) groups excluding carboxylic acids is 2. The third kappa shape index (κ3) is 9.35. The monoisotopic (exact) mass is 515 g/mol. The van der Waals surface area contributed by atoms with Gasteiger partial charge in [-0.15, -0.1) is 0 Å². The number of phenols is 1. The summed E-state index contributed by atoms with van der Waals surface area (Å²) in [7, 11) is 4.22. The molecule has 0 atom stereocenters. The molecule has 1 aromatic carbocycles. The van der Waals surface area contributed by atoms with Crippen molar-refractivity contribution in [3.63, 3.8) is 0 Å². The van der Waals surface area contributed by atoms with Gasteiger partial charge in [-0.2, -0.15) is 0 Å². The summed E-state index contributed by atoms with van der Waals surface area (Å²) < 4.78 is 19.3. The Labute approximate surface area is 213 Å². The zero-order valence-electron chi connectivity index (χ0n) is 20.9. The van der Waals surface area contributed by atoms with E-state index >= 15 is 0 Å². The molecule has 0 saturated heterocycles. The van der Waals surface area contributed by atoms with Crippen molar-refractivity contribution in [1.29, 1.82) is 0 Å². The number of allylic oxidation sites excluding steroid dienone is 7. The molecule has 0 bridgehead atoms. The van der Waals surface area contributed by atoms with Gasteiger partial charge in [0.15, 0.2) is 23.0 Å². The molecule has 3 rings (SSSR count). The van der Waals surface area contributed by atoms with Crippen LogP contribution in [0.4, 0.5) is 0 Å². The zero-order valence-corrected chi connectivity index (χ0v) is 20.9. The Bertz CT molecular complexity index is 1200. The number of rotatable bonds is 7. The molecule has 0 unspecified atom stereocenters. The summed E-state index contributed by atoms with van der Waals surface area (Å²) in [6.45, 7) is 2.82. The van der Waals surface area contributed by atoms with E-state index in [4.69, 9.17) is 29.2 Å². The first-order valence-corrected chi connectivity index (χ1v) is 10.5. The number of carboxylic acids is 2. The second-order valence-electron chi connectivity index (χ2n) is 7.17. The number of phenolic OH excluding ortho intramolecular Hbond substituents is 1. The molecule has 0 fully saturated rings. The number of benzene rings is 1. The van der Waals surface area contributed by atoms with Crippen LogP contribution in [0.25, 0.3) is 0 Å². The van der Waals surface area contributed by atoms with Gasteiger partial charge in [0.05, 0.1) is 45.1 Å². The van der Waals surface area contributed by atoms with E-state index in [9.17, 15) is 24.3 Å². The van der Waals surface area contributed by atoms with Crippen molar-refractivity contribution in [2.75, 3.05) is 27.9 Å². The summed E-state index contributed by atoms with van der Waals surface area (Å²) in [5.41, 5.74) is 1.01. The summed E-state index contributed by atoms with van der Waals surface area (Å²) in [6, 6.07) is 2.67. The molecule has 11 nitrogen and oxygen atoms in total. The molecule has 0 amide bonds. The molecule has 0 saturated carbocycles. The predicted molar refractivity (Wildman–Crippen MR) is 130 cm³/mol. The lowest BCUT2D eigenvalue weighted by Crippen LogP contribution is -2.13. The molecule has 2 aliphatic rings. The van der Waals surface area contributed by atoms with E-state index in [0.29, 0.717) is 22.7 Å². The highest BCUT2D eigenvalue weighted by atomic mass is 16.5. The SMILES string of the molecule is COC1=CC(=O)C=C(C)C1=O.COC1=[C+]C=CC=C1OCC(=O)O.COc1cc(C(=O)O)cc(C)c1O. The Morgan fingerprint density at radius 2 is 1.62 bits per heavy atom. The van der Waals surface area contributed by atoms with Crippen molar-refractivity contribution >= 4 is 23.5 Å². The van der Waals surface area contributed by atoms with Crippen molar-refractivity contribution in [2.24, 2.45) is 0 Å². The number of aromatic carboxylic acids is 1. The van der Waals surface area contributed by atoms with Crippen LogP contribution in [-0.2, 0) is 28.6 Å². The molecule has 0 aromatic heterocycles. The first-order chi connectivity index (χ1) is 17.4. The summed E-state index contributed by atoms with van der Waals surface area (Å²) in [4.78, 5) is 42.7. The summed E-state index contributed by atoms with van der Waals surface area (Å²) >= 11 is 0. The van der Waals surface area contributed by atoms with Crippen molar-refractivity contribution in [3.8, 4) is 11.5 Å². The molecular formula is C26H27O11+. The molecule has 37 heavy (non-hydrogen) atoms. The third-order valence-corrected chi connectivity index (χ3v) is 4.50. The molecule has 3 N–H and O–H groups in total. The van der Waals surface area contributed by atoms with E-state index in [1.807, 2.05) is 0 Å². The first-order valence-electron chi connectivity index (χ1n) is 10.5. The number of hydrogen-bond donors (Lipinski definition) is 3. The van der Waals surface area contributed by atoms with Crippen LogP contribution < -0.4 is 4.74 Å². The Hall–Kier alpha value is -4.89. The van der Waals surface area contributed by atoms with E-state index < -0.39 is 11.9 Å². The number of aliphatic carboxylic acids is 1. The molecule has 0 heterocycles. The predicted octanol–water partition coefficient (Wildman–Crippen LogP) is 2.90. The minimum atomic E-state index is -1.04. The van der Waals surface area contributed by atoms with Gasteiger partial charge < -0.3 is 34.3 Å². The molecule has 0 spiro atoms. The van der Waals surface area contributed by atoms with Crippen molar-refractivity contribution in [3.05, 3.63) is 82.6 Å². The topological polar surface area (TPSA) is 166 Å². The minimum Gasteiger partial charge on any atom is -0.504 e. The quantitative estimate of drug-likeness (QED) is 0.361. The summed E-state index contributed by atoms with van der Waals surface area (Å²) in [5.74, 6) is -1.41.